The third-order valence-electron chi connectivity index (χ3n) is 4.09. The smallest absolute Gasteiger partial charge is 0.224 e. The minimum Gasteiger partial charge on any atom is -0.381 e. The molecule has 0 spiro atoms. The van der Waals surface area contributed by atoms with Crippen molar-refractivity contribution in [1.82, 2.24) is 0 Å². The molecule has 0 aliphatic carbocycles. The molecule has 3 aromatic carbocycles. The maximum absolute atomic E-state index is 13.6. The monoisotopic (exact) mass is 348 g/mol. The van der Waals surface area contributed by atoms with Crippen LogP contribution in [0.4, 0.5) is 15.8 Å². The molecule has 0 unspecified atom stereocenters. The normalized spacial score (nSPS) is 10.3. The average molecular weight is 348 g/mol. The van der Waals surface area contributed by atoms with Crippen molar-refractivity contribution in [3.63, 3.8) is 0 Å². The van der Waals surface area contributed by atoms with Gasteiger partial charge in [0.05, 0.1) is 0 Å². The molecular formula is C22H21FN2O. The molecule has 1 amide bonds. The second kappa shape index (κ2) is 8.81. The zero-order valence-corrected chi connectivity index (χ0v) is 14.4. The number of amides is 1. The van der Waals surface area contributed by atoms with E-state index in [0.717, 1.165) is 23.4 Å². The first kappa shape index (κ1) is 17.7. The van der Waals surface area contributed by atoms with Crippen molar-refractivity contribution in [2.24, 2.45) is 0 Å². The Kier molecular flexibility index (Phi) is 5.99. The first-order valence-electron chi connectivity index (χ1n) is 8.62. The van der Waals surface area contributed by atoms with E-state index in [4.69, 9.17) is 0 Å². The largest absolute Gasteiger partial charge is 0.381 e. The number of hydrogen-bond acceptors (Lipinski definition) is 2. The fourth-order valence-corrected chi connectivity index (χ4v) is 2.64. The number of hydrogen-bond donors (Lipinski definition) is 2. The number of aryl methyl sites for hydroxylation is 1. The fourth-order valence-electron chi connectivity index (χ4n) is 2.64. The fraction of sp³-hybridized carbons (Fsp3) is 0.136. The van der Waals surface area contributed by atoms with Gasteiger partial charge in [0.15, 0.2) is 0 Å². The minimum atomic E-state index is -0.220. The predicted octanol–water partition coefficient (Wildman–Crippen LogP) is 5.01. The van der Waals surface area contributed by atoms with Gasteiger partial charge in [0.25, 0.3) is 0 Å². The second-order valence-electron chi connectivity index (χ2n) is 6.06. The van der Waals surface area contributed by atoms with Crippen LogP contribution in [0.25, 0.3) is 0 Å². The van der Waals surface area contributed by atoms with Gasteiger partial charge in [-0.25, -0.2) is 4.39 Å². The van der Waals surface area contributed by atoms with Crippen molar-refractivity contribution in [1.29, 1.82) is 0 Å². The summed E-state index contributed by atoms with van der Waals surface area (Å²) in [7, 11) is 0. The van der Waals surface area contributed by atoms with Crippen LogP contribution in [-0.2, 0) is 17.8 Å². The molecule has 3 aromatic rings. The number of anilines is 2. The van der Waals surface area contributed by atoms with Crippen LogP contribution in [0.3, 0.4) is 0 Å². The maximum Gasteiger partial charge on any atom is 0.224 e. The Morgan fingerprint density at radius 3 is 2.19 bits per heavy atom. The van der Waals surface area contributed by atoms with E-state index in [-0.39, 0.29) is 11.7 Å². The van der Waals surface area contributed by atoms with E-state index in [1.807, 2.05) is 60.7 Å². The number of halogens is 1. The summed E-state index contributed by atoms with van der Waals surface area (Å²) in [5.41, 5.74) is 3.39. The van der Waals surface area contributed by atoms with E-state index in [2.05, 4.69) is 10.6 Å². The summed E-state index contributed by atoms with van der Waals surface area (Å²) in [5, 5.41) is 6.07. The number of carbonyl (C=O) groups is 1. The molecule has 132 valence electrons. The highest BCUT2D eigenvalue weighted by atomic mass is 19.1. The van der Waals surface area contributed by atoms with Crippen LogP contribution in [0, 0.1) is 5.82 Å². The molecule has 0 fully saturated rings. The topological polar surface area (TPSA) is 41.1 Å². The number of rotatable bonds is 7. The van der Waals surface area contributed by atoms with Crippen molar-refractivity contribution in [2.45, 2.75) is 19.4 Å². The summed E-state index contributed by atoms with van der Waals surface area (Å²) in [6, 6.07) is 24.0. The quantitative estimate of drug-likeness (QED) is 0.630. The minimum absolute atomic E-state index is 0.0130. The Hall–Kier alpha value is -3.14. The van der Waals surface area contributed by atoms with Gasteiger partial charge in [0.1, 0.15) is 5.82 Å². The highest BCUT2D eigenvalue weighted by molar-refractivity contribution is 5.91. The van der Waals surface area contributed by atoms with Gasteiger partial charge < -0.3 is 10.6 Å². The van der Waals surface area contributed by atoms with Gasteiger partial charge in [-0.15, -0.1) is 0 Å². The van der Waals surface area contributed by atoms with Crippen LogP contribution in [0.5, 0.6) is 0 Å². The lowest BCUT2D eigenvalue weighted by Crippen LogP contribution is -2.12. The third kappa shape index (κ3) is 5.18. The van der Waals surface area contributed by atoms with Crippen molar-refractivity contribution < 1.29 is 9.18 Å². The Bertz CT molecular complexity index is 848. The van der Waals surface area contributed by atoms with Gasteiger partial charge in [0, 0.05) is 29.9 Å². The average Bonchev–Trinajstić information content (AvgIpc) is 2.68. The lowest BCUT2D eigenvalue weighted by Gasteiger charge is -2.09. The van der Waals surface area contributed by atoms with Crippen molar-refractivity contribution in [3.8, 4) is 0 Å². The first-order valence-corrected chi connectivity index (χ1v) is 8.62. The zero-order valence-electron chi connectivity index (χ0n) is 14.4. The molecule has 26 heavy (non-hydrogen) atoms. The standard InChI is InChI=1S/C22H21FN2O/c23-21-9-5-4-8-18(21)16-24-19-11-13-20(14-12-19)25-22(26)15-10-17-6-2-1-3-7-17/h1-9,11-14,24H,10,15-16H2,(H,25,26). The summed E-state index contributed by atoms with van der Waals surface area (Å²) in [5.74, 6) is -0.233. The van der Waals surface area contributed by atoms with E-state index in [0.29, 0.717) is 18.5 Å². The zero-order chi connectivity index (χ0) is 18.2. The summed E-state index contributed by atoms with van der Waals surface area (Å²) in [6.07, 6.45) is 1.16. The molecule has 0 aliphatic rings. The summed E-state index contributed by atoms with van der Waals surface area (Å²) >= 11 is 0. The lowest BCUT2D eigenvalue weighted by atomic mass is 10.1. The van der Waals surface area contributed by atoms with Gasteiger partial charge in [-0.3, -0.25) is 4.79 Å². The van der Waals surface area contributed by atoms with Crippen LogP contribution in [0.15, 0.2) is 78.9 Å². The first-order chi connectivity index (χ1) is 12.7. The summed E-state index contributed by atoms with van der Waals surface area (Å²) in [6.45, 7) is 0.412. The molecule has 0 aromatic heterocycles. The van der Waals surface area contributed by atoms with E-state index >= 15 is 0 Å². The number of benzene rings is 3. The van der Waals surface area contributed by atoms with Gasteiger partial charge in [-0.05, 0) is 42.3 Å². The summed E-state index contributed by atoms with van der Waals surface area (Å²) in [4.78, 5) is 12.1. The molecular weight excluding hydrogens is 327 g/mol. The number of nitrogens with one attached hydrogen (secondary N) is 2. The molecule has 3 nitrogen and oxygen atoms in total. The third-order valence-corrected chi connectivity index (χ3v) is 4.09. The molecule has 0 aliphatic heterocycles. The van der Waals surface area contributed by atoms with Crippen LogP contribution in [0.2, 0.25) is 0 Å². The highest BCUT2D eigenvalue weighted by Crippen LogP contribution is 2.16. The van der Waals surface area contributed by atoms with Gasteiger partial charge >= 0.3 is 0 Å². The Morgan fingerprint density at radius 2 is 1.46 bits per heavy atom. The molecule has 0 atom stereocenters. The number of carbonyl (C=O) groups excluding carboxylic acids is 1. The maximum atomic E-state index is 13.6. The van der Waals surface area contributed by atoms with Gasteiger partial charge in [0.2, 0.25) is 5.91 Å². The molecule has 0 bridgehead atoms. The van der Waals surface area contributed by atoms with E-state index < -0.39 is 0 Å². The Labute approximate surface area is 152 Å². The van der Waals surface area contributed by atoms with Crippen LogP contribution in [0.1, 0.15) is 17.5 Å². The van der Waals surface area contributed by atoms with Crippen molar-refractivity contribution in [3.05, 3.63) is 95.8 Å². The van der Waals surface area contributed by atoms with Crippen molar-refractivity contribution >= 4 is 17.3 Å². The molecule has 0 radical (unpaired) electrons. The van der Waals surface area contributed by atoms with E-state index in [1.54, 1.807) is 12.1 Å². The van der Waals surface area contributed by atoms with Crippen LogP contribution in [-0.4, -0.2) is 5.91 Å². The Balaban J connectivity index is 1.48. The molecule has 2 N–H and O–H groups in total. The second-order valence-corrected chi connectivity index (χ2v) is 6.06. The van der Waals surface area contributed by atoms with E-state index in [9.17, 15) is 9.18 Å². The SMILES string of the molecule is O=C(CCc1ccccc1)Nc1ccc(NCc2ccccc2F)cc1. The molecule has 3 rings (SSSR count). The van der Waals surface area contributed by atoms with Crippen LogP contribution >= 0.6 is 0 Å². The van der Waals surface area contributed by atoms with Gasteiger partial charge in [-0.1, -0.05) is 48.5 Å². The molecule has 0 saturated heterocycles. The molecule has 0 saturated carbocycles. The van der Waals surface area contributed by atoms with Crippen molar-refractivity contribution in [2.75, 3.05) is 10.6 Å². The Morgan fingerprint density at radius 1 is 0.808 bits per heavy atom. The lowest BCUT2D eigenvalue weighted by molar-refractivity contribution is -0.116. The predicted molar refractivity (Wildman–Crippen MR) is 104 cm³/mol. The molecule has 4 heteroatoms. The van der Waals surface area contributed by atoms with Gasteiger partial charge in [-0.2, -0.15) is 0 Å². The van der Waals surface area contributed by atoms with E-state index in [1.165, 1.54) is 6.07 Å². The molecule has 0 heterocycles. The van der Waals surface area contributed by atoms with Crippen LogP contribution < -0.4 is 10.6 Å². The summed E-state index contributed by atoms with van der Waals surface area (Å²) < 4.78 is 13.6. The highest BCUT2D eigenvalue weighted by Gasteiger charge is 2.04.